The van der Waals surface area contributed by atoms with E-state index in [4.69, 9.17) is 6.52 Å². The van der Waals surface area contributed by atoms with Gasteiger partial charge >= 0.3 is 23.9 Å². The molecule has 1 saturated carbocycles. The minimum Gasteiger partial charge on any atom is -0.481 e. The van der Waals surface area contributed by atoms with Gasteiger partial charge in [-0.05, 0) is 73.6 Å². The smallest absolute Gasteiger partial charge is 0.326 e. The van der Waals surface area contributed by atoms with Gasteiger partial charge in [-0.25, -0.2) is 14.4 Å². The zero-order valence-electron chi connectivity index (χ0n) is 30.0. The van der Waals surface area contributed by atoms with Crippen LogP contribution in [-0.4, -0.2) is 94.7 Å². The van der Waals surface area contributed by atoms with Crippen molar-refractivity contribution in [1.29, 1.82) is 0 Å². The normalized spacial score (nSPS) is 17.4. The van der Waals surface area contributed by atoms with Crippen LogP contribution in [-0.2, 0) is 35.2 Å². The molecule has 0 aromatic heterocycles. The van der Waals surface area contributed by atoms with Crippen molar-refractivity contribution in [3.63, 3.8) is 0 Å². The van der Waals surface area contributed by atoms with Gasteiger partial charge in [0.15, 0.2) is 0 Å². The number of aliphatic carboxylic acids is 3. The number of benzene rings is 2. The number of carboxylic acid groups (broad SMARTS) is 3. The number of rotatable bonds is 22. The molecule has 2 aromatic rings. The number of unbranched alkanes of at least 4 members (excludes halogenated alkanes) is 1. The maximum atomic E-state index is 13.5. The molecule has 0 heterocycles. The third-order valence-corrected chi connectivity index (χ3v) is 9.12. The van der Waals surface area contributed by atoms with Crippen LogP contribution in [0.3, 0.4) is 0 Å². The van der Waals surface area contributed by atoms with Crippen LogP contribution in [0, 0.1) is 11.8 Å². The monoisotopic (exact) mass is 727 g/mol. The van der Waals surface area contributed by atoms with Gasteiger partial charge in [-0.15, -0.1) is 0 Å². The molecule has 0 spiro atoms. The summed E-state index contributed by atoms with van der Waals surface area (Å²) in [5.74, 6) is -4.87. The van der Waals surface area contributed by atoms with Gasteiger partial charge in [0.2, 0.25) is 17.7 Å². The number of carbonyl (C=O) groups excluding carboxylic acids is 4. The van der Waals surface area contributed by atoms with E-state index in [0.717, 1.165) is 29.2 Å². The van der Waals surface area contributed by atoms with Gasteiger partial charge in [0.25, 0.3) is 0 Å². The van der Waals surface area contributed by atoms with Crippen LogP contribution < -0.4 is 32.3 Å². The van der Waals surface area contributed by atoms with Crippen molar-refractivity contribution >= 4 is 52.4 Å². The van der Waals surface area contributed by atoms with Gasteiger partial charge in [-0.2, -0.15) is 0 Å². The van der Waals surface area contributed by atoms with Crippen LogP contribution in [0.1, 0.15) is 69.8 Å². The van der Waals surface area contributed by atoms with E-state index in [2.05, 4.69) is 32.3 Å². The zero-order valence-corrected chi connectivity index (χ0v) is 29.0. The van der Waals surface area contributed by atoms with E-state index >= 15 is 0 Å². The third-order valence-electron chi connectivity index (χ3n) is 9.12. The van der Waals surface area contributed by atoms with E-state index in [0.29, 0.717) is 25.8 Å². The summed E-state index contributed by atoms with van der Waals surface area (Å²) in [5, 5.41) is 42.6. The highest BCUT2D eigenvalue weighted by Gasteiger charge is 2.30. The molecule has 284 valence electrons. The molecule has 0 aliphatic heterocycles. The molecule has 3 unspecified atom stereocenters. The first kappa shape index (κ1) is 39.5. The molecule has 10 N–H and O–H groups in total. The Labute approximate surface area is 303 Å². The fourth-order valence-electron chi connectivity index (χ4n) is 6.14. The zero-order chi connectivity index (χ0) is 38.8. The Balaban J connectivity index is 1.54. The van der Waals surface area contributed by atoms with Crippen LogP contribution in [0.2, 0.25) is 1.41 Å². The molecule has 1 aliphatic carbocycles. The van der Waals surface area contributed by atoms with Gasteiger partial charge in [0, 0.05) is 44.8 Å². The summed E-state index contributed by atoms with van der Waals surface area (Å²) in [6.07, 6.45) is 2.86. The molecule has 2 aromatic carbocycles. The Bertz CT molecular complexity index is 1580. The number of carboxylic acids is 3. The molecule has 0 bridgehead atoms. The molecule has 0 saturated heterocycles. The predicted octanol–water partition coefficient (Wildman–Crippen LogP) is 1.50. The molecular weight excluding hydrogens is 676 g/mol. The molecule has 52 heavy (non-hydrogen) atoms. The van der Waals surface area contributed by atoms with Crippen molar-refractivity contribution in [2.45, 2.75) is 88.8 Å². The van der Waals surface area contributed by atoms with Crippen molar-refractivity contribution in [1.82, 2.24) is 26.6 Å². The average Bonchev–Trinajstić information content (AvgIpc) is 3.13. The van der Waals surface area contributed by atoms with Gasteiger partial charge in [-0.3, -0.25) is 19.2 Å². The molecule has 16 nitrogen and oxygen atoms in total. The average molecular weight is 728 g/mol. The van der Waals surface area contributed by atoms with Crippen molar-refractivity contribution in [2.24, 2.45) is 17.6 Å². The first-order valence-corrected chi connectivity index (χ1v) is 17.6. The highest BCUT2D eigenvalue weighted by Crippen LogP contribution is 2.29. The number of carbonyl (C=O) groups is 7. The lowest BCUT2D eigenvalue weighted by atomic mass is 9.81. The summed E-state index contributed by atoms with van der Waals surface area (Å²) in [6.45, 7) is 0.939. The second-order valence-electron chi connectivity index (χ2n) is 13.1. The highest BCUT2D eigenvalue weighted by molar-refractivity contribution is 5.89. The minimum atomic E-state index is -1.52. The summed E-state index contributed by atoms with van der Waals surface area (Å²) in [4.78, 5) is 85.0. The second kappa shape index (κ2) is 21.2. The van der Waals surface area contributed by atoms with E-state index < -0.39 is 54.4 Å². The Hall–Kier alpha value is -5.25. The Morgan fingerprint density at radius 3 is 2.10 bits per heavy atom. The van der Waals surface area contributed by atoms with Crippen molar-refractivity contribution in [3.8, 4) is 0 Å². The molecule has 1 aliphatic rings. The van der Waals surface area contributed by atoms with Crippen LogP contribution in [0.5, 0.6) is 0 Å². The molecule has 5 amide bonds. The fourth-order valence-corrected chi connectivity index (χ4v) is 6.14. The SMILES string of the molecule is [2H]NCCC(=O)NCC1CCC(C(=O)NC(Cc2ccc3ccccc3c2)C(=O)NCCCCC(NC(=O)NC(CCC(=O)O)C(=O)O)C(=O)O)CC1. The molecule has 3 rings (SSSR count). The van der Waals surface area contributed by atoms with Gasteiger partial charge in [0.05, 0.1) is 0 Å². The van der Waals surface area contributed by atoms with Crippen LogP contribution in [0.15, 0.2) is 42.5 Å². The minimum absolute atomic E-state index is 0.0303. The fraction of sp³-hybridized carbons (Fsp3) is 0.528. The number of nitrogens with one attached hydrogen (secondary N) is 5. The molecule has 1 fully saturated rings. The predicted molar refractivity (Wildman–Crippen MR) is 190 cm³/mol. The summed E-state index contributed by atoms with van der Waals surface area (Å²) in [6, 6.07) is 8.80. The van der Waals surface area contributed by atoms with Crippen LogP contribution >= 0.6 is 0 Å². The van der Waals surface area contributed by atoms with E-state index in [1.807, 2.05) is 42.5 Å². The number of nitrogens with two attached hydrogens (primary N) is 1. The van der Waals surface area contributed by atoms with E-state index in [9.17, 15) is 43.8 Å². The maximum absolute atomic E-state index is 13.5. The number of amides is 5. The lowest BCUT2D eigenvalue weighted by Crippen LogP contribution is -2.51. The van der Waals surface area contributed by atoms with Crippen molar-refractivity contribution < 1.29 is 50.3 Å². The Morgan fingerprint density at radius 2 is 1.44 bits per heavy atom. The molecule has 3 atom stereocenters. The number of hydrogen-bond acceptors (Lipinski definition) is 8. The quantitative estimate of drug-likeness (QED) is 0.0785. The van der Waals surface area contributed by atoms with Crippen molar-refractivity contribution in [3.05, 3.63) is 48.0 Å². The number of hydrogen-bond donors (Lipinski definition) is 9. The highest BCUT2D eigenvalue weighted by atomic mass is 16.4. The van der Waals surface area contributed by atoms with E-state index in [1.54, 1.807) is 0 Å². The molecule has 16 heteroatoms. The number of urea groups is 1. The standard InChI is InChI=1S/C36H50N6O10/c37-17-16-30(43)39-21-22-8-12-25(13-9-22)32(46)40-29(20-23-10-11-24-5-1-2-6-26(24)19-23)33(47)38-18-4-3-7-27(34(48)49)41-36(52)42-28(35(50)51)14-15-31(44)45/h1-2,5-6,10-11,19,22,25,27-29H,3-4,7-9,12-18,20-21,37H2,(H,38,47)(H,39,43)(H,40,46)(H,44,45)(H,48,49)(H,50,51)(H2,41,42,52)/i/hD. The summed E-state index contributed by atoms with van der Waals surface area (Å²) >= 11 is 0. The molecular formula is C36H50N6O10. The van der Waals surface area contributed by atoms with Crippen LogP contribution in [0.25, 0.3) is 10.8 Å². The summed E-state index contributed by atoms with van der Waals surface area (Å²) in [7, 11) is 0. The topological polar surface area (TPSA) is 266 Å². The van der Waals surface area contributed by atoms with Gasteiger partial charge in [0.1, 0.15) is 19.5 Å². The molecule has 0 radical (unpaired) electrons. The van der Waals surface area contributed by atoms with E-state index in [1.165, 1.54) is 0 Å². The lowest BCUT2D eigenvalue weighted by Gasteiger charge is -2.29. The first-order chi connectivity index (χ1) is 25.4. The van der Waals surface area contributed by atoms with Crippen molar-refractivity contribution in [2.75, 3.05) is 19.6 Å². The van der Waals surface area contributed by atoms with Gasteiger partial charge < -0.3 is 47.6 Å². The van der Waals surface area contributed by atoms with Gasteiger partial charge in [-0.1, -0.05) is 42.5 Å². The first-order valence-electron chi connectivity index (χ1n) is 18.1. The third kappa shape index (κ3) is 14.2. The second-order valence-corrected chi connectivity index (χ2v) is 13.1. The number of fused-ring (bicyclic) bond motifs is 1. The summed E-state index contributed by atoms with van der Waals surface area (Å²) < 4.78 is 6.95. The van der Waals surface area contributed by atoms with Crippen LogP contribution in [0.4, 0.5) is 4.79 Å². The Kier molecular flexibility index (Phi) is 16.1. The Morgan fingerprint density at radius 1 is 0.769 bits per heavy atom. The summed E-state index contributed by atoms with van der Waals surface area (Å²) in [5.41, 5.74) is 3.05. The maximum Gasteiger partial charge on any atom is 0.326 e. The van der Waals surface area contributed by atoms with E-state index in [-0.39, 0.29) is 68.8 Å². The lowest BCUT2D eigenvalue weighted by molar-refractivity contribution is -0.141. The largest absolute Gasteiger partial charge is 0.481 e.